The number of rotatable bonds is 9. The van der Waals surface area contributed by atoms with E-state index in [-0.39, 0.29) is 12.4 Å². The number of methoxy groups -OCH3 is 2. The average molecular weight is 282 g/mol. The minimum Gasteiger partial charge on any atom is -0.496 e. The van der Waals surface area contributed by atoms with Crippen LogP contribution in [0.25, 0.3) is 0 Å². The van der Waals surface area contributed by atoms with Crippen LogP contribution in [0.4, 0.5) is 0 Å². The van der Waals surface area contributed by atoms with Crippen LogP contribution in [-0.2, 0) is 14.2 Å². The predicted molar refractivity (Wildman–Crippen MR) is 75.2 cm³/mol. The third-order valence-electron chi connectivity index (χ3n) is 2.71. The lowest BCUT2D eigenvalue weighted by molar-refractivity contribution is -0.140. The van der Waals surface area contributed by atoms with Gasteiger partial charge in [-0.15, -0.1) is 0 Å². The Hall–Kier alpha value is -1.43. The van der Waals surface area contributed by atoms with Crippen molar-refractivity contribution in [3.05, 3.63) is 29.3 Å². The maximum absolute atomic E-state index is 11.9. The molecule has 112 valence electrons. The number of carbonyl (C=O) groups is 1. The molecule has 1 aromatic carbocycles. The van der Waals surface area contributed by atoms with E-state index in [1.54, 1.807) is 18.2 Å². The molecule has 0 amide bonds. The Morgan fingerprint density at radius 1 is 1.15 bits per heavy atom. The van der Waals surface area contributed by atoms with E-state index in [2.05, 4.69) is 0 Å². The summed E-state index contributed by atoms with van der Waals surface area (Å²) in [5, 5.41) is 0. The predicted octanol–water partition coefficient (Wildman–Crippen LogP) is 2.60. The Bertz CT molecular complexity index is 424. The summed E-state index contributed by atoms with van der Waals surface area (Å²) in [5.74, 6) is 0.370. The van der Waals surface area contributed by atoms with Gasteiger partial charge in [-0.3, -0.25) is 4.79 Å². The summed E-state index contributed by atoms with van der Waals surface area (Å²) in [7, 11) is 3.01. The lowest BCUT2D eigenvalue weighted by atomic mass is 10.1. The fraction of sp³-hybridized carbons (Fsp3) is 0.533. The highest BCUT2D eigenvalue weighted by molar-refractivity contribution is 5.99. The average Bonchev–Trinajstić information content (AvgIpc) is 2.46. The first-order chi connectivity index (χ1) is 9.67. The molecule has 1 aromatic rings. The second-order valence-electron chi connectivity index (χ2n) is 4.06. The second kappa shape index (κ2) is 8.68. The molecule has 0 heterocycles. The molecule has 1 rings (SSSR count). The summed E-state index contributed by atoms with van der Waals surface area (Å²) in [6, 6.07) is 5.28. The number of hydrogen-bond donors (Lipinski definition) is 0. The molecule has 5 heteroatoms. The number of carbonyl (C=O) groups excluding carboxylic acids is 1. The zero-order valence-electron chi connectivity index (χ0n) is 12.5. The van der Waals surface area contributed by atoms with Crippen LogP contribution in [0.5, 0.6) is 5.75 Å². The van der Waals surface area contributed by atoms with Crippen LogP contribution in [0.15, 0.2) is 18.2 Å². The van der Waals surface area contributed by atoms with Gasteiger partial charge in [0.2, 0.25) is 0 Å². The Morgan fingerprint density at radius 3 is 2.30 bits per heavy atom. The first kappa shape index (κ1) is 16.6. The first-order valence-electron chi connectivity index (χ1n) is 6.61. The van der Waals surface area contributed by atoms with Crippen molar-refractivity contribution in [2.45, 2.75) is 20.1 Å². The van der Waals surface area contributed by atoms with E-state index in [1.807, 2.05) is 13.8 Å². The van der Waals surface area contributed by atoms with Crippen molar-refractivity contribution in [3.63, 3.8) is 0 Å². The summed E-state index contributed by atoms with van der Waals surface area (Å²) in [5.41, 5.74) is 1.31. The van der Waals surface area contributed by atoms with Gasteiger partial charge in [-0.2, -0.15) is 0 Å². The van der Waals surface area contributed by atoms with Gasteiger partial charge in [0.25, 0.3) is 0 Å². The highest BCUT2D eigenvalue weighted by atomic mass is 16.7. The van der Waals surface area contributed by atoms with Crippen LogP contribution >= 0.6 is 0 Å². The van der Waals surface area contributed by atoms with Crippen LogP contribution in [0.2, 0.25) is 0 Å². The van der Waals surface area contributed by atoms with Crippen molar-refractivity contribution >= 4 is 5.78 Å². The molecule has 0 saturated carbocycles. The molecule has 0 aliphatic rings. The summed E-state index contributed by atoms with van der Waals surface area (Å²) < 4.78 is 21.2. The van der Waals surface area contributed by atoms with Gasteiger partial charge >= 0.3 is 0 Å². The molecule has 0 radical (unpaired) electrons. The maximum atomic E-state index is 11.9. The van der Waals surface area contributed by atoms with E-state index < -0.39 is 6.29 Å². The highest BCUT2D eigenvalue weighted by Crippen LogP contribution is 2.27. The molecule has 0 fully saturated rings. The summed E-state index contributed by atoms with van der Waals surface area (Å²) in [4.78, 5) is 11.9. The Labute approximate surface area is 119 Å². The molecule has 0 saturated heterocycles. The molecule has 0 aliphatic heterocycles. The van der Waals surface area contributed by atoms with Gasteiger partial charge in [0.05, 0.1) is 12.7 Å². The van der Waals surface area contributed by atoms with Gasteiger partial charge in [-0.05, 0) is 26.0 Å². The van der Waals surface area contributed by atoms with Gasteiger partial charge in [0.15, 0.2) is 12.1 Å². The summed E-state index contributed by atoms with van der Waals surface area (Å²) in [6.07, 6.45) is -0.453. The normalized spacial score (nSPS) is 10.8. The topological polar surface area (TPSA) is 54.0 Å². The fourth-order valence-corrected chi connectivity index (χ4v) is 1.84. The van der Waals surface area contributed by atoms with E-state index in [0.29, 0.717) is 24.5 Å². The summed E-state index contributed by atoms with van der Waals surface area (Å²) in [6.45, 7) is 4.91. The minimum atomic E-state index is -0.453. The number of benzene rings is 1. The van der Waals surface area contributed by atoms with E-state index in [1.165, 1.54) is 14.2 Å². The lowest BCUT2D eigenvalue weighted by Crippen LogP contribution is -2.12. The van der Waals surface area contributed by atoms with Crippen LogP contribution in [-0.4, -0.2) is 39.8 Å². The molecular formula is C15H22O5. The molecule has 0 unspecified atom stereocenters. The smallest absolute Gasteiger partial charge is 0.192 e. The van der Waals surface area contributed by atoms with Gasteiger partial charge in [-0.25, -0.2) is 0 Å². The molecule has 0 bridgehead atoms. The quantitative estimate of drug-likeness (QED) is 0.515. The number of Topliss-reactive ketones (excluding diaryl/α,β-unsaturated/α-hetero) is 1. The van der Waals surface area contributed by atoms with E-state index in [4.69, 9.17) is 18.9 Å². The van der Waals surface area contributed by atoms with Crippen molar-refractivity contribution in [1.82, 2.24) is 0 Å². The Morgan fingerprint density at radius 2 is 1.80 bits per heavy atom. The van der Waals surface area contributed by atoms with Crippen molar-refractivity contribution in [2.75, 3.05) is 34.0 Å². The number of hydrogen-bond acceptors (Lipinski definition) is 5. The molecule has 0 atom stereocenters. The second-order valence-corrected chi connectivity index (χ2v) is 4.06. The molecule has 0 aliphatic carbocycles. The Kier molecular flexibility index (Phi) is 7.22. The van der Waals surface area contributed by atoms with Gasteiger partial charge < -0.3 is 18.9 Å². The minimum absolute atomic E-state index is 0.0239. The highest BCUT2D eigenvalue weighted by Gasteiger charge is 2.17. The third-order valence-corrected chi connectivity index (χ3v) is 2.71. The Balaban J connectivity index is 3.03. The molecule has 0 spiro atoms. The zero-order valence-corrected chi connectivity index (χ0v) is 12.5. The van der Waals surface area contributed by atoms with E-state index in [0.717, 1.165) is 5.56 Å². The monoisotopic (exact) mass is 282 g/mol. The standard InChI is InChI=1S/C15H22O5/c1-5-19-15(20-6-2)11-7-8-12(13(16)10-17-3)14(9-11)18-4/h7-9,15H,5-6,10H2,1-4H3. The summed E-state index contributed by atoms with van der Waals surface area (Å²) >= 11 is 0. The van der Waals surface area contributed by atoms with Crippen molar-refractivity contribution in [2.24, 2.45) is 0 Å². The van der Waals surface area contributed by atoms with Crippen molar-refractivity contribution in [3.8, 4) is 5.75 Å². The largest absolute Gasteiger partial charge is 0.496 e. The van der Waals surface area contributed by atoms with E-state index >= 15 is 0 Å². The zero-order chi connectivity index (χ0) is 15.0. The van der Waals surface area contributed by atoms with Crippen LogP contribution in [0.3, 0.4) is 0 Å². The first-order valence-corrected chi connectivity index (χ1v) is 6.61. The maximum Gasteiger partial charge on any atom is 0.192 e. The molecular weight excluding hydrogens is 260 g/mol. The number of ether oxygens (including phenoxy) is 4. The molecule has 0 N–H and O–H groups in total. The van der Waals surface area contributed by atoms with Gasteiger partial charge in [-0.1, -0.05) is 6.07 Å². The molecule has 5 nitrogen and oxygen atoms in total. The molecule has 20 heavy (non-hydrogen) atoms. The van der Waals surface area contributed by atoms with Crippen molar-refractivity contribution in [1.29, 1.82) is 0 Å². The van der Waals surface area contributed by atoms with Gasteiger partial charge in [0.1, 0.15) is 12.4 Å². The van der Waals surface area contributed by atoms with Crippen LogP contribution < -0.4 is 4.74 Å². The lowest BCUT2D eigenvalue weighted by Gasteiger charge is -2.18. The third kappa shape index (κ3) is 4.30. The van der Waals surface area contributed by atoms with Crippen LogP contribution in [0.1, 0.15) is 36.1 Å². The van der Waals surface area contributed by atoms with E-state index in [9.17, 15) is 4.79 Å². The molecule has 0 aromatic heterocycles. The van der Waals surface area contributed by atoms with Crippen molar-refractivity contribution < 1.29 is 23.7 Å². The van der Waals surface area contributed by atoms with Crippen LogP contribution in [0, 0.1) is 0 Å². The SMILES string of the molecule is CCOC(OCC)c1ccc(C(=O)COC)c(OC)c1. The van der Waals surface area contributed by atoms with Gasteiger partial charge in [0, 0.05) is 25.9 Å². The number of ketones is 1. The fourth-order valence-electron chi connectivity index (χ4n) is 1.84.